The van der Waals surface area contributed by atoms with Crippen LogP contribution in [0.5, 0.6) is 11.5 Å². The quantitative estimate of drug-likeness (QED) is 0.429. The number of benzene rings is 2. The number of hydrogen-bond acceptors (Lipinski definition) is 4. The number of aromatic nitrogens is 2. The molecular weight excluding hydrogens is 366 g/mol. The number of imidazole rings is 1. The van der Waals surface area contributed by atoms with E-state index in [1.54, 1.807) is 20.4 Å². The molecule has 29 heavy (non-hydrogen) atoms. The number of methoxy groups -OCH3 is 2. The lowest BCUT2D eigenvalue weighted by atomic mass is 10.1. The molecule has 3 N–H and O–H groups in total. The van der Waals surface area contributed by atoms with Crippen LogP contribution in [0.15, 0.2) is 65.9 Å². The van der Waals surface area contributed by atoms with Gasteiger partial charge in [0.25, 0.3) is 0 Å². The number of nitrogens with zero attached hydrogens (tertiary/aromatic N) is 3. The molecule has 1 aromatic heterocycles. The van der Waals surface area contributed by atoms with Gasteiger partial charge < -0.3 is 25.1 Å². The minimum Gasteiger partial charge on any atom is -0.497 e. The Labute approximate surface area is 171 Å². The number of nitrogens with one attached hydrogen (secondary N) is 1. The second kappa shape index (κ2) is 10.2. The van der Waals surface area contributed by atoms with Gasteiger partial charge in [-0.2, -0.15) is 0 Å². The van der Waals surface area contributed by atoms with E-state index in [0.29, 0.717) is 23.7 Å². The molecule has 0 aliphatic carbocycles. The van der Waals surface area contributed by atoms with Crippen molar-refractivity contribution >= 4 is 11.6 Å². The van der Waals surface area contributed by atoms with Crippen molar-refractivity contribution in [2.45, 2.75) is 25.9 Å². The first-order valence-electron chi connectivity index (χ1n) is 9.52. The Morgan fingerprint density at radius 2 is 1.97 bits per heavy atom. The van der Waals surface area contributed by atoms with Gasteiger partial charge in [0, 0.05) is 25.0 Å². The normalized spacial score (nSPS) is 11.3. The molecule has 0 saturated heterocycles. The zero-order valence-electron chi connectivity index (χ0n) is 16.8. The summed E-state index contributed by atoms with van der Waals surface area (Å²) >= 11 is 0. The van der Waals surface area contributed by atoms with Gasteiger partial charge in [0.2, 0.25) is 0 Å². The maximum Gasteiger partial charge on any atom is 0.193 e. The van der Waals surface area contributed by atoms with Crippen molar-refractivity contribution in [3.8, 4) is 11.5 Å². The molecule has 152 valence electrons. The fourth-order valence-electron chi connectivity index (χ4n) is 3.04. The van der Waals surface area contributed by atoms with Crippen molar-refractivity contribution in [1.29, 1.82) is 0 Å². The van der Waals surface area contributed by atoms with E-state index in [-0.39, 0.29) is 5.96 Å². The van der Waals surface area contributed by atoms with Crippen LogP contribution in [0, 0.1) is 0 Å². The van der Waals surface area contributed by atoms with Crippen molar-refractivity contribution in [2.24, 2.45) is 10.7 Å². The summed E-state index contributed by atoms with van der Waals surface area (Å²) in [5.41, 5.74) is 8.10. The third-order valence-corrected chi connectivity index (χ3v) is 4.57. The molecule has 7 nitrogen and oxygen atoms in total. The molecule has 2 aromatic carbocycles. The van der Waals surface area contributed by atoms with Gasteiger partial charge in [-0.15, -0.1) is 0 Å². The van der Waals surface area contributed by atoms with Gasteiger partial charge >= 0.3 is 0 Å². The van der Waals surface area contributed by atoms with Crippen LogP contribution in [-0.2, 0) is 19.5 Å². The maximum absolute atomic E-state index is 6.07. The van der Waals surface area contributed by atoms with Gasteiger partial charge in [0.15, 0.2) is 5.96 Å². The van der Waals surface area contributed by atoms with E-state index in [2.05, 4.69) is 44.1 Å². The van der Waals surface area contributed by atoms with E-state index >= 15 is 0 Å². The Morgan fingerprint density at radius 3 is 2.72 bits per heavy atom. The van der Waals surface area contributed by atoms with Gasteiger partial charge in [-0.25, -0.2) is 9.98 Å². The monoisotopic (exact) mass is 393 g/mol. The summed E-state index contributed by atoms with van der Waals surface area (Å²) < 4.78 is 12.7. The second-order valence-corrected chi connectivity index (χ2v) is 6.52. The third-order valence-electron chi connectivity index (χ3n) is 4.57. The number of anilines is 1. The van der Waals surface area contributed by atoms with Crippen LogP contribution in [0.25, 0.3) is 0 Å². The lowest BCUT2D eigenvalue weighted by Crippen LogP contribution is -2.23. The van der Waals surface area contributed by atoms with Crippen LogP contribution in [0.3, 0.4) is 0 Å². The highest BCUT2D eigenvalue weighted by Gasteiger charge is 2.07. The lowest BCUT2D eigenvalue weighted by Gasteiger charge is -2.12. The highest BCUT2D eigenvalue weighted by atomic mass is 16.5. The number of guanidine groups is 1. The van der Waals surface area contributed by atoms with E-state index in [1.165, 1.54) is 5.56 Å². The van der Waals surface area contributed by atoms with Crippen LogP contribution in [0.4, 0.5) is 5.69 Å². The van der Waals surface area contributed by atoms with Crippen molar-refractivity contribution in [2.75, 3.05) is 19.5 Å². The van der Waals surface area contributed by atoms with Gasteiger partial charge in [-0.05, 0) is 30.5 Å². The summed E-state index contributed by atoms with van der Waals surface area (Å²) in [6.45, 7) is 1.28. The predicted octanol–water partition coefficient (Wildman–Crippen LogP) is 3.46. The fourth-order valence-corrected chi connectivity index (χ4v) is 3.04. The lowest BCUT2D eigenvalue weighted by molar-refractivity contribution is 0.405. The van der Waals surface area contributed by atoms with E-state index in [9.17, 15) is 0 Å². The average molecular weight is 393 g/mol. The van der Waals surface area contributed by atoms with Crippen LogP contribution in [0.1, 0.15) is 17.8 Å². The average Bonchev–Trinajstić information content (AvgIpc) is 3.20. The first-order chi connectivity index (χ1) is 14.2. The van der Waals surface area contributed by atoms with E-state index in [4.69, 9.17) is 15.2 Å². The van der Waals surface area contributed by atoms with Crippen molar-refractivity contribution in [3.63, 3.8) is 0 Å². The Hall–Kier alpha value is -3.48. The molecule has 0 saturated carbocycles. The summed E-state index contributed by atoms with van der Waals surface area (Å²) in [6, 6.07) is 15.9. The molecule has 1 heterocycles. The summed E-state index contributed by atoms with van der Waals surface area (Å²) in [4.78, 5) is 8.83. The van der Waals surface area contributed by atoms with E-state index in [1.807, 2.05) is 30.5 Å². The molecule has 0 aliphatic heterocycles. The van der Waals surface area contributed by atoms with E-state index < -0.39 is 0 Å². The summed E-state index contributed by atoms with van der Waals surface area (Å²) in [6.07, 6.45) is 5.83. The molecule has 0 radical (unpaired) electrons. The Kier molecular flexibility index (Phi) is 7.10. The zero-order chi connectivity index (χ0) is 20.5. The molecule has 3 rings (SSSR count). The zero-order valence-corrected chi connectivity index (χ0v) is 16.8. The van der Waals surface area contributed by atoms with Gasteiger partial charge in [-0.3, -0.25) is 0 Å². The minimum atomic E-state index is 0.287. The summed E-state index contributed by atoms with van der Waals surface area (Å²) in [7, 11) is 3.22. The summed E-state index contributed by atoms with van der Waals surface area (Å²) in [5.74, 6) is 2.53. The SMILES string of the molecule is COc1ccc(OC)c(NC(N)=NCc2nccn2CCCc2ccccc2)c1. The number of aryl methyl sites for hydroxylation is 2. The van der Waals surface area contributed by atoms with E-state index in [0.717, 1.165) is 25.2 Å². The number of nitrogens with two attached hydrogens (primary N) is 1. The molecule has 0 atom stereocenters. The van der Waals surface area contributed by atoms with Crippen LogP contribution >= 0.6 is 0 Å². The van der Waals surface area contributed by atoms with Crippen LogP contribution in [-0.4, -0.2) is 29.7 Å². The number of hydrogen-bond donors (Lipinski definition) is 2. The summed E-state index contributed by atoms with van der Waals surface area (Å²) in [5, 5.41) is 3.07. The molecule has 0 bridgehead atoms. The molecule has 0 spiro atoms. The molecule has 0 amide bonds. The number of rotatable bonds is 9. The molecule has 0 fully saturated rings. The van der Waals surface area contributed by atoms with Crippen LogP contribution < -0.4 is 20.5 Å². The van der Waals surface area contributed by atoms with Gasteiger partial charge in [-0.1, -0.05) is 30.3 Å². The smallest absolute Gasteiger partial charge is 0.193 e. The molecule has 0 unspecified atom stereocenters. The first-order valence-corrected chi connectivity index (χ1v) is 9.52. The van der Waals surface area contributed by atoms with Crippen molar-refractivity contribution in [1.82, 2.24) is 9.55 Å². The number of aliphatic imine (C=N–C) groups is 1. The predicted molar refractivity (Wildman–Crippen MR) is 115 cm³/mol. The highest BCUT2D eigenvalue weighted by molar-refractivity contribution is 5.93. The molecule has 7 heteroatoms. The first kappa shape index (κ1) is 20.3. The number of ether oxygens (including phenoxy) is 2. The van der Waals surface area contributed by atoms with Crippen molar-refractivity contribution < 1.29 is 9.47 Å². The fraction of sp³-hybridized carbons (Fsp3) is 0.273. The second-order valence-electron chi connectivity index (χ2n) is 6.52. The van der Waals surface area contributed by atoms with Gasteiger partial charge in [0.1, 0.15) is 23.9 Å². The van der Waals surface area contributed by atoms with Gasteiger partial charge in [0.05, 0.1) is 19.9 Å². The molecule has 0 aliphatic rings. The van der Waals surface area contributed by atoms with Crippen molar-refractivity contribution in [3.05, 3.63) is 72.3 Å². The Bertz CT molecular complexity index is 937. The maximum atomic E-state index is 6.07. The molecular formula is C22H27N5O2. The van der Waals surface area contributed by atoms with Crippen LogP contribution in [0.2, 0.25) is 0 Å². The largest absolute Gasteiger partial charge is 0.497 e. The molecule has 3 aromatic rings. The Balaban J connectivity index is 1.58. The Morgan fingerprint density at radius 1 is 1.14 bits per heavy atom. The topological polar surface area (TPSA) is 86.7 Å². The highest BCUT2D eigenvalue weighted by Crippen LogP contribution is 2.28. The minimum absolute atomic E-state index is 0.287. The standard InChI is InChI=1S/C22H27N5O2/c1-28-18-10-11-20(29-2)19(15-18)26-22(23)25-16-21-24-12-14-27(21)13-6-9-17-7-4-3-5-8-17/h3-5,7-8,10-12,14-15H,6,9,13,16H2,1-2H3,(H3,23,25,26). The third kappa shape index (κ3) is 5.75.